The van der Waals surface area contributed by atoms with Crippen LogP contribution in [0.4, 0.5) is 5.69 Å². The zero-order chi connectivity index (χ0) is 11.7. The molecule has 0 spiro atoms. The fraction of sp³-hybridized carbons (Fsp3) is 0.111. The van der Waals surface area contributed by atoms with Crippen LogP contribution in [0.15, 0.2) is 24.7 Å². The van der Waals surface area contributed by atoms with E-state index in [0.29, 0.717) is 11.4 Å². The van der Waals surface area contributed by atoms with Gasteiger partial charge in [-0.25, -0.2) is 9.67 Å². The highest BCUT2D eigenvalue weighted by atomic mass is 127. The molecule has 2 rings (SSSR count). The molecule has 0 radical (unpaired) electrons. The standard InChI is InChI=1S/C9H7IN4O2/c1-6-2-8(14(15)16)4-11-9(6)13-5-7(10)3-12-13/h2-5H,1H3. The van der Waals surface area contributed by atoms with Gasteiger partial charge in [-0.2, -0.15) is 5.10 Å². The third-order valence-corrected chi connectivity index (χ3v) is 2.57. The second-order valence-corrected chi connectivity index (χ2v) is 4.44. The Balaban J connectivity index is 2.47. The maximum absolute atomic E-state index is 10.5. The first-order valence-corrected chi connectivity index (χ1v) is 5.47. The van der Waals surface area contributed by atoms with Gasteiger partial charge in [0.15, 0.2) is 5.82 Å². The van der Waals surface area contributed by atoms with Crippen LogP contribution in [-0.4, -0.2) is 19.7 Å². The topological polar surface area (TPSA) is 73.8 Å². The Labute approximate surface area is 105 Å². The number of rotatable bonds is 2. The van der Waals surface area contributed by atoms with Crippen LogP contribution >= 0.6 is 22.6 Å². The van der Waals surface area contributed by atoms with Gasteiger partial charge < -0.3 is 0 Å². The van der Waals surface area contributed by atoms with E-state index >= 15 is 0 Å². The van der Waals surface area contributed by atoms with Crippen LogP contribution in [0.5, 0.6) is 0 Å². The van der Waals surface area contributed by atoms with Crippen LogP contribution in [0.2, 0.25) is 0 Å². The zero-order valence-corrected chi connectivity index (χ0v) is 10.5. The van der Waals surface area contributed by atoms with E-state index in [1.54, 1.807) is 17.8 Å². The van der Waals surface area contributed by atoms with Crippen molar-refractivity contribution >= 4 is 28.3 Å². The van der Waals surface area contributed by atoms with Gasteiger partial charge in [-0.1, -0.05) is 0 Å². The number of hydrogen-bond acceptors (Lipinski definition) is 4. The number of nitro groups is 1. The van der Waals surface area contributed by atoms with Gasteiger partial charge in [0.2, 0.25) is 0 Å². The van der Waals surface area contributed by atoms with Gasteiger partial charge in [0, 0.05) is 17.8 Å². The lowest BCUT2D eigenvalue weighted by Crippen LogP contribution is -2.02. The van der Waals surface area contributed by atoms with E-state index in [2.05, 4.69) is 32.7 Å². The molecule has 0 atom stereocenters. The van der Waals surface area contributed by atoms with Crippen molar-refractivity contribution in [1.29, 1.82) is 0 Å². The van der Waals surface area contributed by atoms with Crippen molar-refractivity contribution in [3.8, 4) is 5.82 Å². The molecule has 0 amide bonds. The molecule has 0 N–H and O–H groups in total. The summed E-state index contributed by atoms with van der Waals surface area (Å²) in [5.74, 6) is 0.605. The van der Waals surface area contributed by atoms with Crippen LogP contribution in [-0.2, 0) is 0 Å². The fourth-order valence-electron chi connectivity index (χ4n) is 1.31. The maximum Gasteiger partial charge on any atom is 0.287 e. The Hall–Kier alpha value is -1.51. The molecule has 7 heteroatoms. The monoisotopic (exact) mass is 330 g/mol. The van der Waals surface area contributed by atoms with Gasteiger partial charge in [0.25, 0.3) is 5.69 Å². The number of pyridine rings is 1. The van der Waals surface area contributed by atoms with Crippen LogP contribution in [0.25, 0.3) is 5.82 Å². The minimum Gasteiger partial charge on any atom is -0.258 e. The highest BCUT2D eigenvalue weighted by Crippen LogP contribution is 2.17. The van der Waals surface area contributed by atoms with Crippen molar-refractivity contribution in [1.82, 2.24) is 14.8 Å². The summed E-state index contributed by atoms with van der Waals surface area (Å²) in [6.45, 7) is 1.77. The van der Waals surface area contributed by atoms with Gasteiger partial charge >= 0.3 is 0 Å². The van der Waals surface area contributed by atoms with E-state index in [1.807, 2.05) is 6.20 Å². The van der Waals surface area contributed by atoms with Gasteiger partial charge in [0.05, 0.1) is 14.7 Å². The summed E-state index contributed by atoms with van der Waals surface area (Å²) in [6, 6.07) is 1.48. The Bertz CT molecular complexity index is 552. The van der Waals surface area contributed by atoms with E-state index in [1.165, 1.54) is 12.3 Å². The Morgan fingerprint density at radius 2 is 2.25 bits per heavy atom. The average molecular weight is 330 g/mol. The molecule has 0 aliphatic heterocycles. The molecule has 0 aliphatic carbocycles. The number of aromatic nitrogens is 3. The fourth-order valence-corrected chi connectivity index (χ4v) is 1.70. The molecule has 0 saturated carbocycles. The predicted octanol–water partition coefficient (Wildman–Crippen LogP) is 2.09. The van der Waals surface area contributed by atoms with Crippen LogP contribution < -0.4 is 0 Å². The van der Waals surface area contributed by atoms with Crippen molar-refractivity contribution in [3.63, 3.8) is 0 Å². The summed E-state index contributed by atoms with van der Waals surface area (Å²) in [6.07, 6.45) is 4.74. The molecule has 16 heavy (non-hydrogen) atoms. The molecule has 0 saturated heterocycles. The third kappa shape index (κ3) is 2.03. The Morgan fingerprint density at radius 3 is 2.75 bits per heavy atom. The molecular weight excluding hydrogens is 323 g/mol. The van der Waals surface area contributed by atoms with Crippen molar-refractivity contribution in [3.05, 3.63) is 43.9 Å². The van der Waals surface area contributed by atoms with Gasteiger partial charge in [-0.15, -0.1) is 0 Å². The molecule has 0 unspecified atom stereocenters. The second kappa shape index (κ2) is 4.16. The quantitative estimate of drug-likeness (QED) is 0.480. The molecule has 6 nitrogen and oxygen atoms in total. The zero-order valence-electron chi connectivity index (χ0n) is 8.29. The number of aryl methyl sites for hydroxylation is 1. The van der Waals surface area contributed by atoms with Crippen LogP contribution in [0.3, 0.4) is 0 Å². The maximum atomic E-state index is 10.5. The van der Waals surface area contributed by atoms with E-state index in [0.717, 1.165) is 3.57 Å². The summed E-state index contributed by atoms with van der Waals surface area (Å²) < 4.78 is 2.58. The van der Waals surface area contributed by atoms with E-state index in [-0.39, 0.29) is 5.69 Å². The second-order valence-electron chi connectivity index (χ2n) is 3.19. The summed E-state index contributed by atoms with van der Waals surface area (Å²) in [5, 5.41) is 14.6. The molecule has 2 aromatic heterocycles. The molecule has 0 bridgehead atoms. The molecular formula is C9H7IN4O2. The molecule has 2 aromatic rings. The first-order valence-electron chi connectivity index (χ1n) is 4.39. The molecule has 2 heterocycles. The summed E-state index contributed by atoms with van der Waals surface area (Å²) >= 11 is 2.14. The van der Waals surface area contributed by atoms with Gasteiger partial charge in [0.1, 0.15) is 6.20 Å². The van der Waals surface area contributed by atoms with Crippen LogP contribution in [0, 0.1) is 20.6 Å². The van der Waals surface area contributed by atoms with E-state index in [4.69, 9.17) is 0 Å². The number of halogens is 1. The van der Waals surface area contributed by atoms with E-state index in [9.17, 15) is 10.1 Å². The minimum atomic E-state index is -0.462. The smallest absolute Gasteiger partial charge is 0.258 e. The molecule has 82 valence electrons. The van der Waals surface area contributed by atoms with Gasteiger partial charge in [-0.05, 0) is 29.5 Å². The van der Waals surface area contributed by atoms with Crippen molar-refractivity contribution < 1.29 is 4.92 Å². The van der Waals surface area contributed by atoms with Crippen molar-refractivity contribution in [2.75, 3.05) is 0 Å². The van der Waals surface area contributed by atoms with E-state index < -0.39 is 4.92 Å². The third-order valence-electron chi connectivity index (χ3n) is 2.02. The average Bonchev–Trinajstić information content (AvgIpc) is 2.64. The highest BCUT2D eigenvalue weighted by Gasteiger charge is 2.11. The summed E-state index contributed by atoms with van der Waals surface area (Å²) in [7, 11) is 0. The Kier molecular flexibility index (Phi) is 2.86. The number of hydrogen-bond donors (Lipinski definition) is 0. The summed E-state index contributed by atoms with van der Waals surface area (Å²) in [4.78, 5) is 14.1. The molecule has 0 aromatic carbocycles. The normalized spacial score (nSPS) is 10.4. The SMILES string of the molecule is Cc1cc([N+](=O)[O-])cnc1-n1cc(I)cn1. The number of nitrogens with zero attached hydrogens (tertiary/aromatic N) is 4. The molecule has 0 aliphatic rings. The lowest BCUT2D eigenvalue weighted by Gasteiger charge is -2.03. The largest absolute Gasteiger partial charge is 0.287 e. The Morgan fingerprint density at radius 1 is 1.50 bits per heavy atom. The van der Waals surface area contributed by atoms with Crippen molar-refractivity contribution in [2.45, 2.75) is 6.92 Å². The predicted molar refractivity (Wildman–Crippen MR) is 65.5 cm³/mol. The van der Waals surface area contributed by atoms with Crippen LogP contribution in [0.1, 0.15) is 5.56 Å². The van der Waals surface area contributed by atoms with Gasteiger partial charge in [-0.3, -0.25) is 10.1 Å². The highest BCUT2D eigenvalue weighted by molar-refractivity contribution is 14.1. The lowest BCUT2D eigenvalue weighted by molar-refractivity contribution is -0.385. The first kappa shape index (κ1) is 11.0. The van der Waals surface area contributed by atoms with Crippen molar-refractivity contribution in [2.24, 2.45) is 0 Å². The molecule has 0 fully saturated rings. The summed E-state index contributed by atoms with van der Waals surface area (Å²) in [5.41, 5.74) is 0.705. The first-order chi connectivity index (χ1) is 7.58. The lowest BCUT2D eigenvalue weighted by atomic mass is 10.2. The minimum absolute atomic E-state index is 0.0110.